The Morgan fingerprint density at radius 1 is 0.362 bits per heavy atom. The summed E-state index contributed by atoms with van der Waals surface area (Å²) in [5.74, 6) is 0.235. The highest BCUT2D eigenvalue weighted by Gasteiger charge is 2.13. The van der Waals surface area contributed by atoms with E-state index in [1.54, 1.807) is 0 Å². The summed E-state index contributed by atoms with van der Waals surface area (Å²) in [6, 6.07) is 0. The Hall–Kier alpha value is -0.130. The van der Waals surface area contributed by atoms with Gasteiger partial charge in [0.15, 0.2) is 0 Å². The van der Waals surface area contributed by atoms with E-state index in [1.165, 1.54) is 218 Å². The van der Waals surface area contributed by atoms with Crippen molar-refractivity contribution >= 4 is 10.4 Å². The molecule has 0 radical (unpaired) electrons. The number of unbranched alkanes of at least 4 members (excludes halogenated alkanes) is 34. The molecule has 4 nitrogen and oxygen atoms in total. The first-order chi connectivity index (χ1) is 23.0. The minimum atomic E-state index is -4.34. The minimum absolute atomic E-state index is 0.136. The van der Waals surface area contributed by atoms with Gasteiger partial charge in [-0.05, 0) is 18.8 Å². The summed E-state index contributed by atoms with van der Waals surface area (Å²) in [6.45, 7) is 4.71. The van der Waals surface area contributed by atoms with Crippen LogP contribution in [0, 0.1) is 5.92 Å². The van der Waals surface area contributed by atoms with E-state index in [0.29, 0.717) is 0 Å². The summed E-state index contributed by atoms with van der Waals surface area (Å²) in [4.78, 5) is 0. The van der Waals surface area contributed by atoms with E-state index in [2.05, 4.69) is 13.8 Å². The Kier molecular flexibility index (Phi) is 38.6. The average Bonchev–Trinajstić information content (AvgIpc) is 3.05. The fourth-order valence-corrected chi connectivity index (χ4v) is 7.53. The largest absolute Gasteiger partial charge is 0.397 e. The maximum Gasteiger partial charge on any atom is 0.397 e. The molecule has 0 aromatic rings. The van der Waals surface area contributed by atoms with Crippen LogP contribution in [0.15, 0.2) is 0 Å². The monoisotopic (exact) mass is 687 g/mol. The van der Waals surface area contributed by atoms with Gasteiger partial charge in [0.25, 0.3) is 0 Å². The molecule has 47 heavy (non-hydrogen) atoms. The van der Waals surface area contributed by atoms with Crippen LogP contribution in [-0.4, -0.2) is 19.6 Å². The molecule has 1 atom stereocenters. The number of hydrogen-bond acceptors (Lipinski definition) is 3. The Labute approximate surface area is 297 Å². The molecule has 1 N–H and O–H groups in total. The summed E-state index contributed by atoms with van der Waals surface area (Å²) in [6.07, 6.45) is 51.5. The van der Waals surface area contributed by atoms with Gasteiger partial charge >= 0.3 is 10.4 Å². The van der Waals surface area contributed by atoms with E-state index in [0.717, 1.165) is 25.7 Å². The Bertz CT molecular complexity index is 680. The predicted molar refractivity (Wildman–Crippen MR) is 208 cm³/mol. The second-order valence-corrected chi connectivity index (χ2v) is 16.3. The van der Waals surface area contributed by atoms with E-state index in [1.807, 2.05) is 0 Å². The lowest BCUT2D eigenvalue weighted by Gasteiger charge is -2.16. The van der Waals surface area contributed by atoms with Gasteiger partial charge in [-0.3, -0.25) is 4.55 Å². The van der Waals surface area contributed by atoms with E-state index in [9.17, 15) is 8.42 Å². The van der Waals surface area contributed by atoms with E-state index in [-0.39, 0.29) is 12.5 Å². The van der Waals surface area contributed by atoms with Crippen molar-refractivity contribution in [2.24, 2.45) is 5.92 Å². The molecule has 0 aromatic heterocycles. The first kappa shape index (κ1) is 46.9. The Morgan fingerprint density at radius 3 is 0.745 bits per heavy atom. The second-order valence-electron chi connectivity index (χ2n) is 15.2. The van der Waals surface area contributed by atoms with Gasteiger partial charge in [-0.1, -0.05) is 245 Å². The van der Waals surface area contributed by atoms with Crippen molar-refractivity contribution in [3.63, 3.8) is 0 Å². The van der Waals surface area contributed by atoms with Crippen LogP contribution in [0.3, 0.4) is 0 Å². The van der Waals surface area contributed by atoms with E-state index < -0.39 is 10.4 Å². The van der Waals surface area contributed by atoms with Crippen molar-refractivity contribution in [2.75, 3.05) is 6.61 Å². The lowest BCUT2D eigenvalue weighted by molar-refractivity contribution is 0.204. The van der Waals surface area contributed by atoms with Crippen LogP contribution in [0.2, 0.25) is 0 Å². The summed E-state index contributed by atoms with van der Waals surface area (Å²) < 4.78 is 36.2. The molecule has 0 heterocycles. The van der Waals surface area contributed by atoms with Crippen LogP contribution in [0.4, 0.5) is 0 Å². The zero-order valence-corrected chi connectivity index (χ0v) is 33.1. The van der Waals surface area contributed by atoms with Gasteiger partial charge in [0.2, 0.25) is 0 Å². The Balaban J connectivity index is 3.61. The van der Waals surface area contributed by atoms with Crippen LogP contribution in [-0.2, 0) is 14.6 Å². The molecule has 0 spiro atoms. The summed E-state index contributed by atoms with van der Waals surface area (Å²) in [7, 11) is -4.34. The molecular formula is C42H86O4S. The molecule has 0 fully saturated rings. The molecule has 0 amide bonds. The third kappa shape index (κ3) is 42.0. The summed E-state index contributed by atoms with van der Waals surface area (Å²) in [5.41, 5.74) is 0. The molecule has 0 saturated heterocycles. The molecule has 1 unspecified atom stereocenters. The molecule has 0 saturated carbocycles. The molecule has 0 aliphatic rings. The molecule has 0 aliphatic heterocycles. The average molecular weight is 687 g/mol. The van der Waals surface area contributed by atoms with E-state index in [4.69, 9.17) is 8.74 Å². The molecule has 0 bridgehead atoms. The third-order valence-electron chi connectivity index (χ3n) is 10.4. The highest BCUT2D eigenvalue weighted by Crippen LogP contribution is 2.21. The molecule has 0 rings (SSSR count). The maximum absolute atomic E-state index is 11.2. The van der Waals surface area contributed by atoms with Crippen LogP contribution >= 0.6 is 0 Å². The quantitative estimate of drug-likeness (QED) is 0.0513. The standard InChI is InChI=1S/C42H86O4S/c1-3-5-7-9-11-13-15-17-19-21-22-24-26-28-30-32-34-36-38-40-42(41-46-47(43,44)45)39-37-35-33-31-29-27-25-23-20-18-16-14-12-10-8-6-4-2/h42H,3-41H2,1-2H3,(H,43,44,45). The van der Waals surface area contributed by atoms with Gasteiger partial charge in [-0.25, -0.2) is 4.18 Å². The zero-order valence-electron chi connectivity index (χ0n) is 32.2. The normalized spacial score (nSPS) is 12.7. The lowest BCUT2D eigenvalue weighted by Crippen LogP contribution is -2.14. The van der Waals surface area contributed by atoms with Gasteiger partial charge in [-0.15, -0.1) is 0 Å². The van der Waals surface area contributed by atoms with Gasteiger partial charge in [0, 0.05) is 0 Å². The molecule has 284 valence electrons. The van der Waals surface area contributed by atoms with Crippen molar-refractivity contribution in [2.45, 2.75) is 258 Å². The van der Waals surface area contributed by atoms with Crippen LogP contribution in [0.25, 0.3) is 0 Å². The molecule has 0 aliphatic carbocycles. The third-order valence-corrected chi connectivity index (χ3v) is 10.8. The topological polar surface area (TPSA) is 63.6 Å². The first-order valence-corrected chi connectivity index (χ1v) is 23.0. The van der Waals surface area contributed by atoms with Crippen molar-refractivity contribution in [3.8, 4) is 0 Å². The molecular weight excluding hydrogens is 601 g/mol. The second kappa shape index (κ2) is 38.7. The fourth-order valence-electron chi connectivity index (χ4n) is 7.16. The van der Waals surface area contributed by atoms with Gasteiger partial charge < -0.3 is 0 Å². The highest BCUT2D eigenvalue weighted by atomic mass is 32.3. The SMILES string of the molecule is CCCCCCCCCCCCCCCCCCCCCC(CCCCCCCCCCCCCCCCCCC)COS(=O)(=O)O. The van der Waals surface area contributed by atoms with Crippen LogP contribution < -0.4 is 0 Å². The van der Waals surface area contributed by atoms with Gasteiger partial charge in [0.05, 0.1) is 6.61 Å². The Morgan fingerprint density at radius 2 is 0.553 bits per heavy atom. The lowest BCUT2D eigenvalue weighted by atomic mass is 9.94. The molecule has 0 aromatic carbocycles. The van der Waals surface area contributed by atoms with Crippen molar-refractivity contribution < 1.29 is 17.2 Å². The highest BCUT2D eigenvalue weighted by molar-refractivity contribution is 7.80. The van der Waals surface area contributed by atoms with Gasteiger partial charge in [-0.2, -0.15) is 8.42 Å². The predicted octanol–water partition coefficient (Wildman–Crippen LogP) is 15.3. The fraction of sp³-hybridized carbons (Fsp3) is 1.00. The zero-order chi connectivity index (χ0) is 34.4. The van der Waals surface area contributed by atoms with Crippen LogP contribution in [0.1, 0.15) is 258 Å². The maximum atomic E-state index is 11.2. The van der Waals surface area contributed by atoms with Crippen LogP contribution in [0.5, 0.6) is 0 Å². The summed E-state index contributed by atoms with van der Waals surface area (Å²) >= 11 is 0. The van der Waals surface area contributed by atoms with Crippen molar-refractivity contribution in [1.82, 2.24) is 0 Å². The first-order valence-electron chi connectivity index (χ1n) is 21.6. The summed E-state index contributed by atoms with van der Waals surface area (Å²) in [5, 5.41) is 0. The smallest absolute Gasteiger partial charge is 0.264 e. The number of rotatable bonds is 41. The van der Waals surface area contributed by atoms with Gasteiger partial charge in [0.1, 0.15) is 0 Å². The van der Waals surface area contributed by atoms with E-state index >= 15 is 0 Å². The van der Waals surface area contributed by atoms with Crippen molar-refractivity contribution in [1.29, 1.82) is 0 Å². The molecule has 5 heteroatoms. The van der Waals surface area contributed by atoms with Crippen molar-refractivity contribution in [3.05, 3.63) is 0 Å². The number of hydrogen-bond donors (Lipinski definition) is 1. The minimum Gasteiger partial charge on any atom is -0.264 e.